The third kappa shape index (κ3) is 8.65. The van der Waals surface area contributed by atoms with Crippen molar-refractivity contribution in [3.05, 3.63) is 11.6 Å². The molecule has 0 aromatic heterocycles. The number of carbonyl (C=O) groups is 2. The number of cyclic esters (lactones) is 1. The molecule has 0 unspecified atom stereocenters. The smallest absolute Gasteiger partial charge is 0.339 e. The molecule has 4 aliphatic heterocycles. The van der Waals surface area contributed by atoms with Crippen molar-refractivity contribution >= 4 is 11.9 Å². The minimum atomic E-state index is -1.78. The topological polar surface area (TPSA) is 270 Å². The van der Waals surface area contributed by atoms with Crippen LogP contribution in [0.1, 0.15) is 120 Å². The first-order valence-electron chi connectivity index (χ1n) is 24.7. The number of hydrogen-bond donors (Lipinski definition) is 8. The van der Waals surface area contributed by atoms with Crippen LogP contribution in [0.15, 0.2) is 11.6 Å². The first-order valence-corrected chi connectivity index (χ1v) is 24.7. The van der Waals surface area contributed by atoms with Crippen molar-refractivity contribution in [2.45, 2.75) is 224 Å². The van der Waals surface area contributed by atoms with Gasteiger partial charge in [0.05, 0.1) is 18.8 Å². The first kappa shape index (κ1) is 51.5. The molecule has 0 amide bonds. The Morgan fingerprint density at radius 3 is 2.06 bits per heavy atom. The zero-order chi connectivity index (χ0) is 48.9. The standard InChI is InChI=1S/C49H78O18/c1-22(2)18-25-19-49(59,44(58)63-25)27-12-16-47(8)26(27)10-11-31-46(7)15-14-32(45(5,6)30(46)13-17-48(31,47)9)65-43-40(67-42-38(57)36(55)33(52)23(3)62-42)39(35(54)29(64-43)21-60-24(4)50)66-41-37(56)34(53)28(51)20-61-41/h18,23,25-43,51-57,59H,10-17,19-21H2,1-9H3/t23-,25+,26+,27-,28+,29+,30-,31+,32-,33-,34-,35+,36+,37+,38+,39-,40+,41-,42-,43-,46-,47+,48+,49-/m0/s1. The monoisotopic (exact) mass is 955 g/mol. The molecule has 4 saturated heterocycles. The summed E-state index contributed by atoms with van der Waals surface area (Å²) < 4.78 is 48.7. The quantitative estimate of drug-likeness (QED) is 0.0881. The Labute approximate surface area is 393 Å². The van der Waals surface area contributed by atoms with Crippen LogP contribution < -0.4 is 0 Å². The number of ether oxygens (including phenoxy) is 8. The number of hydrogen-bond acceptors (Lipinski definition) is 18. The van der Waals surface area contributed by atoms with Crippen LogP contribution in [0.5, 0.6) is 0 Å². The Morgan fingerprint density at radius 2 is 1.37 bits per heavy atom. The van der Waals surface area contributed by atoms with Gasteiger partial charge in [-0.05, 0) is 118 Å². The van der Waals surface area contributed by atoms with Crippen molar-refractivity contribution in [2.75, 3.05) is 13.2 Å². The number of aliphatic hydroxyl groups is 8. The highest BCUT2D eigenvalue weighted by molar-refractivity contribution is 5.82. The summed E-state index contributed by atoms with van der Waals surface area (Å²) >= 11 is 0. The fourth-order valence-corrected chi connectivity index (χ4v) is 15.1. The molecule has 0 radical (unpaired) electrons. The van der Waals surface area contributed by atoms with Crippen LogP contribution in [0.2, 0.25) is 0 Å². The molecule has 0 aromatic rings. The predicted molar refractivity (Wildman–Crippen MR) is 234 cm³/mol. The normalized spacial score (nSPS) is 52.9. The molecule has 18 heteroatoms. The predicted octanol–water partition coefficient (Wildman–Crippen LogP) is 1.76. The Kier molecular flexibility index (Phi) is 14.3. The van der Waals surface area contributed by atoms with Gasteiger partial charge in [-0.15, -0.1) is 0 Å². The fraction of sp³-hybridized carbons (Fsp3) is 0.918. The largest absolute Gasteiger partial charge is 0.463 e. The van der Waals surface area contributed by atoms with E-state index >= 15 is 0 Å². The molecule has 24 atom stereocenters. The minimum Gasteiger partial charge on any atom is -0.463 e. The summed E-state index contributed by atoms with van der Waals surface area (Å²) in [5.74, 6) is -0.695. The van der Waals surface area contributed by atoms with Crippen molar-refractivity contribution in [1.82, 2.24) is 0 Å². The van der Waals surface area contributed by atoms with Crippen LogP contribution in [0.3, 0.4) is 0 Å². The second-order valence-electron chi connectivity index (χ2n) is 23.1. The molecule has 4 saturated carbocycles. The van der Waals surface area contributed by atoms with E-state index in [9.17, 15) is 50.4 Å². The molecule has 0 aromatic carbocycles. The van der Waals surface area contributed by atoms with Crippen LogP contribution in [0.25, 0.3) is 0 Å². The summed E-state index contributed by atoms with van der Waals surface area (Å²) in [6, 6.07) is 0. The van der Waals surface area contributed by atoms with Gasteiger partial charge >= 0.3 is 11.9 Å². The molecule has 67 heavy (non-hydrogen) atoms. The van der Waals surface area contributed by atoms with E-state index in [1.807, 2.05) is 19.9 Å². The average Bonchev–Trinajstić information content (AvgIpc) is 3.76. The summed E-state index contributed by atoms with van der Waals surface area (Å²) in [6.45, 7) is 17.4. The van der Waals surface area contributed by atoms with Crippen molar-refractivity contribution in [2.24, 2.45) is 45.3 Å². The lowest BCUT2D eigenvalue weighted by molar-refractivity contribution is -0.395. The highest BCUT2D eigenvalue weighted by Crippen LogP contribution is 2.76. The molecule has 4 aliphatic carbocycles. The SMILES string of the molecule is CC(=O)OC[C@H]1O[C@@H](O[C@H]2CC[C@]3(C)[C@H]4CC[C@@H]5[C@@H]([C@@]6(O)C[C@@H](C=C(C)C)OC6=O)CC[C@@]5(C)[C@]4(C)CC[C@H]3C2(C)C)[C@H](O[C@@H]2O[C@@H](C)[C@H](O)[C@@H](O)[C@H]2O)[C@@H](O[C@@H]2OC[C@@H](O)[C@H](O)[C@H]2O)[C@@H]1O. The molecule has 4 heterocycles. The van der Waals surface area contributed by atoms with Crippen LogP contribution in [-0.4, -0.2) is 170 Å². The summed E-state index contributed by atoms with van der Waals surface area (Å²) in [5, 5.41) is 88.2. The van der Waals surface area contributed by atoms with E-state index in [1.165, 1.54) is 13.8 Å². The zero-order valence-electron chi connectivity index (χ0n) is 40.6. The number of aliphatic hydroxyl groups excluding tert-OH is 7. The number of rotatable bonds is 10. The van der Waals surface area contributed by atoms with Gasteiger partial charge in [0, 0.05) is 19.3 Å². The fourth-order valence-electron chi connectivity index (χ4n) is 15.1. The van der Waals surface area contributed by atoms with E-state index in [2.05, 4.69) is 34.6 Å². The zero-order valence-corrected chi connectivity index (χ0v) is 40.6. The van der Waals surface area contributed by atoms with Gasteiger partial charge in [0.1, 0.15) is 73.8 Å². The summed E-state index contributed by atoms with van der Waals surface area (Å²) in [4.78, 5) is 25.6. The van der Waals surface area contributed by atoms with E-state index in [0.717, 1.165) is 50.5 Å². The molecule has 18 nitrogen and oxygen atoms in total. The molecule has 0 bridgehead atoms. The van der Waals surface area contributed by atoms with Crippen LogP contribution in [0, 0.1) is 45.3 Å². The van der Waals surface area contributed by atoms with Gasteiger partial charge < -0.3 is 78.7 Å². The van der Waals surface area contributed by atoms with Gasteiger partial charge in [0.2, 0.25) is 0 Å². The molecule has 8 rings (SSSR count). The van der Waals surface area contributed by atoms with E-state index in [1.54, 1.807) is 0 Å². The minimum absolute atomic E-state index is 0.0839. The van der Waals surface area contributed by atoms with Crippen molar-refractivity contribution in [1.29, 1.82) is 0 Å². The van der Waals surface area contributed by atoms with Gasteiger partial charge in [-0.2, -0.15) is 0 Å². The van der Waals surface area contributed by atoms with E-state index in [4.69, 9.17) is 37.9 Å². The average molecular weight is 955 g/mol. The van der Waals surface area contributed by atoms with E-state index < -0.39 is 134 Å². The van der Waals surface area contributed by atoms with Crippen LogP contribution in [0.4, 0.5) is 0 Å². The lowest BCUT2D eigenvalue weighted by Gasteiger charge is -2.70. The number of esters is 2. The van der Waals surface area contributed by atoms with Crippen molar-refractivity contribution in [3.8, 4) is 0 Å². The van der Waals surface area contributed by atoms with Crippen molar-refractivity contribution < 1.29 is 88.3 Å². The highest BCUT2D eigenvalue weighted by atomic mass is 16.8. The maximum atomic E-state index is 13.5. The maximum Gasteiger partial charge on any atom is 0.339 e. The lowest BCUT2D eigenvalue weighted by atomic mass is 9.35. The molecule has 8 N–H and O–H groups in total. The summed E-state index contributed by atoms with van der Waals surface area (Å²) in [5.41, 5.74) is -1.32. The lowest BCUT2D eigenvalue weighted by Crippen LogP contribution is -2.68. The number of carbonyl (C=O) groups excluding carboxylic acids is 2. The third-order valence-corrected chi connectivity index (χ3v) is 18.8. The molecule has 0 spiro atoms. The second kappa shape index (κ2) is 18.6. The third-order valence-electron chi connectivity index (χ3n) is 18.8. The maximum absolute atomic E-state index is 13.5. The molecule has 382 valence electrons. The van der Waals surface area contributed by atoms with Gasteiger partial charge in [-0.1, -0.05) is 40.2 Å². The summed E-state index contributed by atoms with van der Waals surface area (Å²) in [7, 11) is 0. The highest BCUT2D eigenvalue weighted by Gasteiger charge is 2.71. The van der Waals surface area contributed by atoms with Crippen LogP contribution in [-0.2, 0) is 47.5 Å². The Bertz CT molecular complexity index is 1840. The molecule has 8 fully saturated rings. The van der Waals surface area contributed by atoms with Gasteiger partial charge in [0.25, 0.3) is 0 Å². The Hall–Kier alpha value is -1.88. The second-order valence-corrected chi connectivity index (χ2v) is 23.1. The first-order chi connectivity index (χ1) is 31.3. The van der Waals surface area contributed by atoms with Gasteiger partial charge in [-0.25, -0.2) is 4.79 Å². The summed E-state index contributed by atoms with van der Waals surface area (Å²) in [6.07, 6.45) is -13.4. The molecule has 8 aliphatic rings. The van der Waals surface area contributed by atoms with E-state index in [0.29, 0.717) is 12.3 Å². The molecular weight excluding hydrogens is 877 g/mol. The Morgan fingerprint density at radius 1 is 0.701 bits per heavy atom. The number of fused-ring (bicyclic) bond motifs is 5. The van der Waals surface area contributed by atoms with Gasteiger partial charge in [0.15, 0.2) is 24.5 Å². The van der Waals surface area contributed by atoms with Crippen molar-refractivity contribution in [3.63, 3.8) is 0 Å². The van der Waals surface area contributed by atoms with Crippen LogP contribution >= 0.6 is 0 Å². The number of allylic oxidation sites excluding steroid dienone is 1. The van der Waals surface area contributed by atoms with Gasteiger partial charge in [-0.3, -0.25) is 4.79 Å². The molecular formula is C49H78O18. The van der Waals surface area contributed by atoms with E-state index in [-0.39, 0.29) is 40.4 Å². The Balaban J connectivity index is 1.07.